The Bertz CT molecular complexity index is 1740. The van der Waals surface area contributed by atoms with Gasteiger partial charge in [-0.3, -0.25) is 9.58 Å². The van der Waals surface area contributed by atoms with E-state index in [0.717, 1.165) is 53.2 Å². The number of H-pyrrole nitrogens is 1. The maximum absolute atomic E-state index is 13.7. The number of phenolic OH excluding ortho intramolecular Hbond substituents is 1. The number of aromatic nitrogens is 5. The average Bonchev–Trinajstić information content (AvgIpc) is 3.58. The van der Waals surface area contributed by atoms with Crippen molar-refractivity contribution in [3.63, 3.8) is 0 Å². The van der Waals surface area contributed by atoms with Gasteiger partial charge in [0.25, 0.3) is 0 Å². The number of phenols is 1. The molecule has 8 rings (SSSR count). The van der Waals surface area contributed by atoms with Gasteiger partial charge in [0.2, 0.25) is 0 Å². The van der Waals surface area contributed by atoms with Crippen LogP contribution in [0.1, 0.15) is 17.5 Å². The number of hydrogen-bond acceptors (Lipinski definition) is 7. The third-order valence-electron chi connectivity index (χ3n) is 7.98. The smallest absolute Gasteiger partial charge is 0.138 e. The lowest BCUT2D eigenvalue weighted by atomic mass is 9.86. The second-order valence-corrected chi connectivity index (χ2v) is 10.2. The van der Waals surface area contributed by atoms with Gasteiger partial charge < -0.3 is 15.0 Å². The van der Waals surface area contributed by atoms with Gasteiger partial charge in [-0.15, -0.1) is 0 Å². The number of nitriles is 1. The second kappa shape index (κ2) is 8.92. The number of nitrogens with zero attached hydrogens (tertiary/aromatic N) is 7. The topological polar surface area (TPSA) is 110 Å². The predicted molar refractivity (Wildman–Crippen MR) is 144 cm³/mol. The van der Waals surface area contributed by atoms with Gasteiger partial charge in [-0.2, -0.15) is 10.4 Å². The summed E-state index contributed by atoms with van der Waals surface area (Å²) in [6, 6.07) is 15.0. The fourth-order valence-electron chi connectivity index (χ4n) is 5.98. The van der Waals surface area contributed by atoms with E-state index in [1.54, 1.807) is 17.1 Å². The third kappa shape index (κ3) is 3.90. The van der Waals surface area contributed by atoms with Gasteiger partial charge in [-0.1, -0.05) is 0 Å². The largest absolute Gasteiger partial charge is 0.508 e. The number of benzene rings is 1. The SMILES string of the molecule is Cn1nccc1-c1cc2c(-c3ccc(N4CC5CC(C4)N5Cc4cc(F)ccc4O)nc3)c(C#N)cnc2[nH]1. The highest BCUT2D eigenvalue weighted by Crippen LogP contribution is 2.38. The van der Waals surface area contributed by atoms with E-state index in [4.69, 9.17) is 4.98 Å². The molecule has 0 aliphatic carbocycles. The van der Waals surface area contributed by atoms with Crippen LogP contribution in [0.25, 0.3) is 33.5 Å². The van der Waals surface area contributed by atoms with Gasteiger partial charge in [0.1, 0.15) is 29.1 Å². The first-order chi connectivity index (χ1) is 19.0. The zero-order valence-corrected chi connectivity index (χ0v) is 21.2. The zero-order chi connectivity index (χ0) is 26.7. The van der Waals surface area contributed by atoms with Gasteiger partial charge in [0.05, 0.1) is 17.0 Å². The summed E-state index contributed by atoms with van der Waals surface area (Å²) in [5, 5.41) is 25.1. The van der Waals surface area contributed by atoms with E-state index in [-0.39, 0.29) is 11.6 Å². The number of piperidine rings is 1. The van der Waals surface area contributed by atoms with Crippen LogP contribution < -0.4 is 4.90 Å². The molecule has 10 heteroatoms. The molecule has 4 aromatic heterocycles. The number of fused-ring (bicyclic) bond motifs is 3. The number of aryl methyl sites for hydroxylation is 1. The molecule has 2 unspecified atom stereocenters. The molecule has 2 atom stereocenters. The molecule has 3 saturated heterocycles. The summed E-state index contributed by atoms with van der Waals surface area (Å²) in [6.07, 6.45) is 6.24. The van der Waals surface area contributed by atoms with Crippen molar-refractivity contribution in [1.29, 1.82) is 5.26 Å². The highest BCUT2D eigenvalue weighted by atomic mass is 19.1. The number of aromatic amines is 1. The Morgan fingerprint density at radius 2 is 1.95 bits per heavy atom. The molecule has 39 heavy (non-hydrogen) atoms. The van der Waals surface area contributed by atoms with Crippen LogP contribution in [0.3, 0.4) is 0 Å². The Kier molecular flexibility index (Phi) is 5.35. The summed E-state index contributed by atoms with van der Waals surface area (Å²) < 4.78 is 15.5. The summed E-state index contributed by atoms with van der Waals surface area (Å²) >= 11 is 0. The van der Waals surface area contributed by atoms with Crippen molar-refractivity contribution in [2.24, 2.45) is 7.05 Å². The first-order valence-corrected chi connectivity index (χ1v) is 12.8. The van der Waals surface area contributed by atoms with Gasteiger partial charge in [0.15, 0.2) is 0 Å². The lowest BCUT2D eigenvalue weighted by Crippen LogP contribution is -2.68. The van der Waals surface area contributed by atoms with E-state index in [2.05, 4.69) is 30.9 Å². The minimum atomic E-state index is -0.335. The molecule has 2 bridgehead atoms. The molecular formula is C29H25FN8O. The third-order valence-corrected chi connectivity index (χ3v) is 7.98. The summed E-state index contributed by atoms with van der Waals surface area (Å²) in [6.45, 7) is 2.16. The number of piperazine rings is 1. The number of rotatable bonds is 5. The number of pyridine rings is 2. The van der Waals surface area contributed by atoms with Gasteiger partial charge >= 0.3 is 0 Å². The summed E-state index contributed by atoms with van der Waals surface area (Å²) in [5.41, 5.74) is 5.26. The Morgan fingerprint density at radius 1 is 1.10 bits per heavy atom. The summed E-state index contributed by atoms with van der Waals surface area (Å²) in [5.74, 6) is 0.681. The molecule has 0 amide bonds. The molecule has 3 aliphatic heterocycles. The minimum absolute atomic E-state index is 0.132. The van der Waals surface area contributed by atoms with E-state index in [0.29, 0.717) is 35.4 Å². The van der Waals surface area contributed by atoms with Crippen LogP contribution in [0.2, 0.25) is 0 Å². The predicted octanol–water partition coefficient (Wildman–Crippen LogP) is 4.20. The van der Waals surface area contributed by atoms with E-state index < -0.39 is 0 Å². The maximum atomic E-state index is 13.7. The van der Waals surface area contributed by atoms with Crippen LogP contribution in [0, 0.1) is 17.1 Å². The van der Waals surface area contributed by atoms with E-state index in [1.807, 2.05) is 37.5 Å². The van der Waals surface area contributed by atoms with Crippen LogP contribution in [-0.2, 0) is 13.6 Å². The molecule has 194 valence electrons. The Morgan fingerprint density at radius 3 is 2.67 bits per heavy atom. The summed E-state index contributed by atoms with van der Waals surface area (Å²) in [4.78, 5) is 17.2. The van der Waals surface area contributed by atoms with Crippen molar-refractivity contribution in [2.45, 2.75) is 25.0 Å². The molecule has 5 aromatic rings. The minimum Gasteiger partial charge on any atom is -0.508 e. The molecule has 3 aliphatic rings. The molecule has 0 radical (unpaired) electrons. The number of anilines is 1. The molecule has 2 N–H and O–H groups in total. The first-order valence-electron chi connectivity index (χ1n) is 12.8. The van der Waals surface area contributed by atoms with E-state index in [1.165, 1.54) is 18.2 Å². The molecule has 3 fully saturated rings. The van der Waals surface area contributed by atoms with Crippen LogP contribution >= 0.6 is 0 Å². The van der Waals surface area contributed by atoms with Crippen molar-refractivity contribution in [3.8, 4) is 34.3 Å². The standard InChI is InChI=1S/C29H25FN8O/c1-36-25(6-7-34-36)24-10-23-28(19(11-31)13-33-29(23)35-24)17-2-5-27(32-12-17)37-15-21-9-22(16-37)38(21)14-18-8-20(30)3-4-26(18)39/h2-8,10,12-13,21-22,39H,9,14-16H2,1H3,(H,33,35). The van der Waals surface area contributed by atoms with Crippen molar-refractivity contribution in [3.05, 3.63) is 78.0 Å². The Balaban J connectivity index is 1.13. The molecule has 0 spiro atoms. The lowest BCUT2D eigenvalue weighted by molar-refractivity contribution is -0.00921. The van der Waals surface area contributed by atoms with Crippen molar-refractivity contribution < 1.29 is 9.50 Å². The van der Waals surface area contributed by atoms with Crippen molar-refractivity contribution in [2.75, 3.05) is 18.0 Å². The van der Waals surface area contributed by atoms with Crippen molar-refractivity contribution >= 4 is 16.9 Å². The van der Waals surface area contributed by atoms with E-state index >= 15 is 0 Å². The number of nitrogens with one attached hydrogen (secondary N) is 1. The fraction of sp³-hybridized carbons (Fsp3) is 0.241. The van der Waals surface area contributed by atoms with Crippen molar-refractivity contribution in [1.82, 2.24) is 29.6 Å². The Hall–Kier alpha value is -4.75. The van der Waals surface area contributed by atoms with Gasteiger partial charge in [-0.05, 0) is 48.9 Å². The van der Waals surface area contributed by atoms with Crippen LogP contribution in [0.4, 0.5) is 10.2 Å². The molecule has 9 nitrogen and oxygen atoms in total. The summed E-state index contributed by atoms with van der Waals surface area (Å²) in [7, 11) is 1.88. The van der Waals surface area contributed by atoms with Crippen LogP contribution in [0.15, 0.2) is 61.1 Å². The monoisotopic (exact) mass is 520 g/mol. The van der Waals surface area contributed by atoms with E-state index in [9.17, 15) is 14.8 Å². The van der Waals surface area contributed by atoms with Gasteiger partial charge in [0, 0.05) is 79.4 Å². The Labute approximate surface area is 223 Å². The van der Waals surface area contributed by atoms with Gasteiger partial charge in [-0.25, -0.2) is 14.4 Å². The molecule has 7 heterocycles. The number of halogens is 1. The number of hydrogen-bond donors (Lipinski definition) is 2. The fourth-order valence-corrected chi connectivity index (χ4v) is 5.98. The molecule has 1 aromatic carbocycles. The molecule has 0 saturated carbocycles. The maximum Gasteiger partial charge on any atom is 0.138 e. The van der Waals surface area contributed by atoms with Crippen LogP contribution in [0.5, 0.6) is 5.75 Å². The normalized spacial score (nSPS) is 18.7. The quantitative estimate of drug-likeness (QED) is 0.357. The highest BCUT2D eigenvalue weighted by molar-refractivity contribution is 5.98. The average molecular weight is 521 g/mol. The number of aromatic hydroxyl groups is 1. The first kappa shape index (κ1) is 23.4. The van der Waals surface area contributed by atoms with Crippen LogP contribution in [-0.4, -0.2) is 59.9 Å². The lowest BCUT2D eigenvalue weighted by Gasteiger charge is -2.56. The zero-order valence-electron chi connectivity index (χ0n) is 21.2. The molecular weight excluding hydrogens is 495 g/mol. The second-order valence-electron chi connectivity index (χ2n) is 10.2. The highest BCUT2D eigenvalue weighted by Gasteiger charge is 2.44.